The molecule has 0 amide bonds. The van der Waals surface area contributed by atoms with E-state index < -0.39 is 0 Å². The Labute approximate surface area is 67.2 Å². The van der Waals surface area contributed by atoms with Crippen LogP contribution in [0.3, 0.4) is 0 Å². The van der Waals surface area contributed by atoms with Crippen LogP contribution in [-0.4, -0.2) is 43.1 Å². The maximum Gasteiger partial charge on any atom is 0.0505 e. The Morgan fingerprint density at radius 1 is 1.27 bits per heavy atom. The molecule has 0 atom stereocenters. The van der Waals surface area contributed by atoms with Gasteiger partial charge in [-0.05, 0) is 7.05 Å². The van der Waals surface area contributed by atoms with Gasteiger partial charge in [-0.3, -0.25) is 5.01 Å². The smallest absolute Gasteiger partial charge is 0.0505 e. The van der Waals surface area contributed by atoms with Gasteiger partial charge in [0.15, 0.2) is 0 Å². The highest BCUT2D eigenvalue weighted by Crippen LogP contribution is 1.99. The molecule has 1 saturated heterocycles. The minimum absolute atomic E-state index is 0.966. The molecule has 11 heavy (non-hydrogen) atoms. The fraction of sp³-hybridized carbons (Fsp3) is 0.714. The average molecular weight is 154 g/mol. The van der Waals surface area contributed by atoms with Crippen molar-refractivity contribution in [3.05, 3.63) is 12.8 Å². The van der Waals surface area contributed by atoms with E-state index in [1.165, 1.54) is 6.20 Å². The Bertz CT molecular complexity index is 147. The van der Waals surface area contributed by atoms with E-state index in [1.54, 1.807) is 0 Å². The van der Waals surface area contributed by atoms with Crippen LogP contribution in [0.25, 0.3) is 0 Å². The molecular weight excluding hydrogens is 140 g/mol. The molecule has 0 aliphatic carbocycles. The number of nitrogens with zero attached hydrogens (tertiary/aromatic N) is 4. The first-order valence-electron chi connectivity index (χ1n) is 3.78. The molecule has 1 aliphatic heterocycles. The summed E-state index contributed by atoms with van der Waals surface area (Å²) in [6, 6.07) is 0. The second-order valence-electron chi connectivity index (χ2n) is 2.64. The van der Waals surface area contributed by atoms with Crippen molar-refractivity contribution < 1.29 is 0 Å². The number of likely N-dealkylation sites (N-methyl/N-ethyl adjacent to an activating group) is 1. The largest absolute Gasteiger partial charge is 0.303 e. The Hall–Kier alpha value is -0.900. The zero-order chi connectivity index (χ0) is 8.10. The first-order valence-corrected chi connectivity index (χ1v) is 3.78. The summed E-state index contributed by atoms with van der Waals surface area (Å²) in [4.78, 5) is 2.28. The van der Waals surface area contributed by atoms with Gasteiger partial charge in [0.2, 0.25) is 0 Å². The molecular formula is C7H14N4. The summed E-state index contributed by atoms with van der Waals surface area (Å²) in [7, 11) is 2.11. The molecule has 0 radical (unpaired) electrons. The molecule has 4 heteroatoms. The minimum Gasteiger partial charge on any atom is -0.303 e. The molecule has 0 aromatic rings. The third-order valence-corrected chi connectivity index (χ3v) is 1.74. The van der Waals surface area contributed by atoms with Gasteiger partial charge in [0.05, 0.1) is 13.1 Å². The highest BCUT2D eigenvalue weighted by molar-refractivity contribution is 4.66. The van der Waals surface area contributed by atoms with Gasteiger partial charge in [0.1, 0.15) is 0 Å². The summed E-state index contributed by atoms with van der Waals surface area (Å²) in [5.74, 6) is 0. The van der Waals surface area contributed by atoms with Crippen molar-refractivity contribution in [3.8, 4) is 0 Å². The monoisotopic (exact) mass is 154 g/mol. The molecule has 1 heterocycles. The van der Waals surface area contributed by atoms with Gasteiger partial charge in [-0.1, -0.05) is 11.8 Å². The second kappa shape index (κ2) is 4.08. The Morgan fingerprint density at radius 2 is 1.91 bits per heavy atom. The topological polar surface area (TPSA) is 31.2 Å². The standard InChI is InChI=1S/C7H14N4/c1-3-8-9-11-6-4-10(2)5-7-11/h3H,1,4-7H2,2H3/b9-8-. The van der Waals surface area contributed by atoms with E-state index in [4.69, 9.17) is 0 Å². The quantitative estimate of drug-likeness (QED) is 0.549. The van der Waals surface area contributed by atoms with Crippen LogP contribution in [0.15, 0.2) is 23.1 Å². The summed E-state index contributed by atoms with van der Waals surface area (Å²) in [6.07, 6.45) is 1.46. The van der Waals surface area contributed by atoms with Crippen molar-refractivity contribution in [2.75, 3.05) is 33.2 Å². The van der Waals surface area contributed by atoms with E-state index in [9.17, 15) is 0 Å². The highest BCUT2D eigenvalue weighted by Gasteiger charge is 2.10. The SMILES string of the molecule is C=C/N=N\N1CCN(C)CC1. The summed E-state index contributed by atoms with van der Waals surface area (Å²) in [5, 5.41) is 9.63. The van der Waals surface area contributed by atoms with E-state index in [2.05, 4.69) is 28.9 Å². The normalized spacial score (nSPS) is 21.0. The zero-order valence-electron chi connectivity index (χ0n) is 6.90. The molecule has 62 valence electrons. The Morgan fingerprint density at radius 3 is 2.45 bits per heavy atom. The maximum atomic E-state index is 3.95. The lowest BCUT2D eigenvalue weighted by Gasteiger charge is -2.28. The van der Waals surface area contributed by atoms with E-state index in [0.717, 1.165) is 26.2 Å². The minimum atomic E-state index is 0.966. The van der Waals surface area contributed by atoms with Gasteiger partial charge < -0.3 is 4.90 Å². The second-order valence-corrected chi connectivity index (χ2v) is 2.64. The molecule has 0 spiro atoms. The first kappa shape index (κ1) is 8.20. The van der Waals surface area contributed by atoms with Crippen LogP contribution < -0.4 is 0 Å². The third-order valence-electron chi connectivity index (χ3n) is 1.74. The number of rotatable bonds is 2. The van der Waals surface area contributed by atoms with Crippen LogP contribution in [0.1, 0.15) is 0 Å². The van der Waals surface area contributed by atoms with Crippen LogP contribution >= 0.6 is 0 Å². The molecule has 1 rings (SSSR count). The summed E-state index contributed by atoms with van der Waals surface area (Å²) in [5.41, 5.74) is 0. The number of hydrogen-bond acceptors (Lipinski definition) is 3. The molecule has 0 aromatic carbocycles. The molecule has 1 fully saturated rings. The molecule has 0 aromatic heterocycles. The molecule has 1 aliphatic rings. The Kier molecular flexibility index (Phi) is 3.04. The van der Waals surface area contributed by atoms with Gasteiger partial charge in [-0.2, -0.15) is 0 Å². The molecule has 0 unspecified atom stereocenters. The van der Waals surface area contributed by atoms with Gasteiger partial charge >= 0.3 is 0 Å². The summed E-state index contributed by atoms with van der Waals surface area (Å²) < 4.78 is 0. The van der Waals surface area contributed by atoms with Gasteiger partial charge in [-0.15, -0.1) is 5.11 Å². The zero-order valence-corrected chi connectivity index (χ0v) is 6.90. The van der Waals surface area contributed by atoms with Crippen LogP contribution in [0.2, 0.25) is 0 Å². The fourth-order valence-electron chi connectivity index (χ4n) is 0.995. The molecule has 4 nitrogen and oxygen atoms in total. The molecule has 0 bridgehead atoms. The number of hydrogen-bond donors (Lipinski definition) is 0. The average Bonchev–Trinajstić information content (AvgIpc) is 2.04. The van der Waals surface area contributed by atoms with E-state index >= 15 is 0 Å². The van der Waals surface area contributed by atoms with Crippen molar-refractivity contribution in [2.45, 2.75) is 0 Å². The molecule has 0 N–H and O–H groups in total. The highest BCUT2D eigenvalue weighted by atomic mass is 15.6. The first-order chi connectivity index (χ1) is 5.33. The van der Waals surface area contributed by atoms with Crippen molar-refractivity contribution in [1.82, 2.24) is 9.91 Å². The van der Waals surface area contributed by atoms with Crippen LogP contribution in [0.4, 0.5) is 0 Å². The van der Waals surface area contributed by atoms with Crippen LogP contribution in [-0.2, 0) is 0 Å². The van der Waals surface area contributed by atoms with Gasteiger partial charge in [0.25, 0.3) is 0 Å². The Balaban J connectivity index is 2.27. The lowest BCUT2D eigenvalue weighted by Crippen LogP contribution is -2.41. The van der Waals surface area contributed by atoms with E-state index in [0.29, 0.717) is 0 Å². The van der Waals surface area contributed by atoms with E-state index in [-0.39, 0.29) is 0 Å². The third kappa shape index (κ3) is 2.67. The fourth-order valence-corrected chi connectivity index (χ4v) is 0.995. The summed E-state index contributed by atoms with van der Waals surface area (Å²) >= 11 is 0. The number of piperazine rings is 1. The van der Waals surface area contributed by atoms with Crippen molar-refractivity contribution in [2.24, 2.45) is 10.3 Å². The van der Waals surface area contributed by atoms with E-state index in [1.807, 2.05) is 5.01 Å². The predicted octanol–water partition coefficient (Wildman–Crippen LogP) is 0.745. The summed E-state index contributed by atoms with van der Waals surface area (Å²) in [6.45, 7) is 7.53. The lowest BCUT2D eigenvalue weighted by molar-refractivity contribution is 0.150. The van der Waals surface area contributed by atoms with Crippen LogP contribution in [0.5, 0.6) is 0 Å². The molecule has 0 saturated carbocycles. The van der Waals surface area contributed by atoms with Crippen molar-refractivity contribution in [3.63, 3.8) is 0 Å². The van der Waals surface area contributed by atoms with Crippen molar-refractivity contribution in [1.29, 1.82) is 0 Å². The lowest BCUT2D eigenvalue weighted by atomic mass is 10.4. The predicted molar refractivity (Wildman–Crippen MR) is 44.1 cm³/mol. The van der Waals surface area contributed by atoms with Crippen molar-refractivity contribution >= 4 is 0 Å². The van der Waals surface area contributed by atoms with Crippen LogP contribution in [0, 0.1) is 0 Å². The maximum absolute atomic E-state index is 3.95. The van der Waals surface area contributed by atoms with Gasteiger partial charge in [-0.25, -0.2) is 0 Å². The van der Waals surface area contributed by atoms with Gasteiger partial charge in [0, 0.05) is 19.3 Å².